The van der Waals surface area contributed by atoms with Crippen molar-refractivity contribution < 1.29 is 15.0 Å². The summed E-state index contributed by atoms with van der Waals surface area (Å²) < 4.78 is 0. The van der Waals surface area contributed by atoms with Crippen molar-refractivity contribution >= 4 is 0 Å². The molecule has 2 atom stereocenters. The van der Waals surface area contributed by atoms with Gasteiger partial charge < -0.3 is 5.11 Å². The Morgan fingerprint density at radius 3 is 2.53 bits per heavy atom. The van der Waals surface area contributed by atoms with Crippen LogP contribution in [-0.2, 0) is 0 Å². The minimum atomic E-state index is -1.34. The van der Waals surface area contributed by atoms with E-state index >= 15 is 0 Å². The van der Waals surface area contributed by atoms with E-state index in [9.17, 15) is 25.3 Å². The molecule has 0 aromatic carbocycles. The molecule has 0 saturated heterocycles. The normalized spacial score (nSPS) is 31.1. The second-order valence-electron chi connectivity index (χ2n) is 4.19. The first kappa shape index (κ1) is 11.8. The van der Waals surface area contributed by atoms with Gasteiger partial charge in [0.2, 0.25) is 13.1 Å². The molecule has 0 spiro atoms. The smallest absolute Gasteiger partial charge is 0.232 e. The van der Waals surface area contributed by atoms with Gasteiger partial charge in [0.1, 0.15) is 5.60 Å². The fraction of sp³-hybridized carbons (Fsp3) is 1.00. The molecule has 86 valence electrons. The van der Waals surface area contributed by atoms with Crippen LogP contribution in [0.4, 0.5) is 0 Å². The lowest BCUT2D eigenvalue weighted by Crippen LogP contribution is -2.42. The van der Waals surface area contributed by atoms with Crippen molar-refractivity contribution in [2.45, 2.75) is 31.3 Å². The van der Waals surface area contributed by atoms with E-state index in [1.165, 1.54) is 0 Å². The predicted octanol–water partition coefficient (Wildman–Crippen LogP) is 0.461. The molecule has 15 heavy (non-hydrogen) atoms. The van der Waals surface area contributed by atoms with Gasteiger partial charge in [-0.05, 0) is 25.7 Å². The third kappa shape index (κ3) is 3.78. The summed E-state index contributed by atoms with van der Waals surface area (Å²) in [6, 6.07) is 0. The van der Waals surface area contributed by atoms with Gasteiger partial charge in [0.25, 0.3) is 0 Å². The maximum atomic E-state index is 10.3. The Bertz CT molecular complexity index is 270. The van der Waals surface area contributed by atoms with Crippen molar-refractivity contribution in [1.29, 1.82) is 0 Å². The maximum absolute atomic E-state index is 10.3. The minimum Gasteiger partial charge on any atom is -0.383 e. The molecule has 0 radical (unpaired) electrons. The van der Waals surface area contributed by atoms with E-state index in [-0.39, 0.29) is 18.9 Å². The van der Waals surface area contributed by atoms with Gasteiger partial charge in [-0.2, -0.15) is 0 Å². The molecule has 1 saturated carbocycles. The minimum absolute atomic E-state index is 0.162. The van der Waals surface area contributed by atoms with Crippen LogP contribution >= 0.6 is 0 Å². The van der Waals surface area contributed by atoms with E-state index in [4.69, 9.17) is 0 Å². The summed E-state index contributed by atoms with van der Waals surface area (Å²) >= 11 is 0. The maximum Gasteiger partial charge on any atom is 0.232 e. The number of hydrogen-bond acceptors (Lipinski definition) is 5. The highest BCUT2D eigenvalue weighted by molar-refractivity contribution is 4.85. The molecule has 7 nitrogen and oxygen atoms in total. The highest BCUT2D eigenvalue weighted by atomic mass is 16.6. The lowest BCUT2D eigenvalue weighted by atomic mass is 9.78. The number of nitrogens with zero attached hydrogens (tertiary/aromatic N) is 2. The topological polar surface area (TPSA) is 107 Å². The van der Waals surface area contributed by atoms with Crippen LogP contribution in [0.1, 0.15) is 25.7 Å². The first-order valence-corrected chi connectivity index (χ1v) is 4.87. The number of aliphatic hydroxyl groups is 1. The predicted molar refractivity (Wildman–Crippen MR) is 50.6 cm³/mol. The van der Waals surface area contributed by atoms with Crippen molar-refractivity contribution in [2.75, 3.05) is 13.1 Å². The van der Waals surface area contributed by atoms with E-state index in [1.807, 2.05) is 0 Å². The van der Waals surface area contributed by atoms with Gasteiger partial charge >= 0.3 is 0 Å². The molecular weight excluding hydrogens is 204 g/mol. The average molecular weight is 218 g/mol. The molecule has 0 bridgehead atoms. The number of hydrogen-bond donors (Lipinski definition) is 1. The van der Waals surface area contributed by atoms with Gasteiger partial charge in [-0.1, -0.05) is 0 Å². The summed E-state index contributed by atoms with van der Waals surface area (Å²) in [7, 11) is 0. The summed E-state index contributed by atoms with van der Waals surface area (Å²) in [5.74, 6) is -0.237. The Labute approximate surface area is 86.4 Å². The quantitative estimate of drug-likeness (QED) is 0.545. The Balaban J connectivity index is 2.54. The third-order valence-electron chi connectivity index (χ3n) is 2.75. The second-order valence-corrected chi connectivity index (χ2v) is 4.19. The molecule has 0 heterocycles. The summed E-state index contributed by atoms with van der Waals surface area (Å²) in [6.45, 7) is -0.721. The third-order valence-corrected chi connectivity index (χ3v) is 2.75. The molecule has 0 unspecified atom stereocenters. The summed E-state index contributed by atoms with van der Waals surface area (Å²) in [6.07, 6.45) is 1.81. The molecule has 1 N–H and O–H groups in total. The SMILES string of the molecule is O=[N+]([O-])C[C@H]1CCC[C@](O)(C[N+](=O)[O-])C1. The van der Waals surface area contributed by atoms with Gasteiger partial charge in [0.05, 0.1) is 0 Å². The molecule has 1 fully saturated rings. The van der Waals surface area contributed by atoms with Crippen molar-refractivity contribution in [3.63, 3.8) is 0 Å². The highest BCUT2D eigenvalue weighted by Gasteiger charge is 2.40. The van der Waals surface area contributed by atoms with Crippen molar-refractivity contribution in [1.82, 2.24) is 0 Å². The highest BCUT2D eigenvalue weighted by Crippen LogP contribution is 2.32. The van der Waals surface area contributed by atoms with Gasteiger partial charge in [-0.25, -0.2) is 0 Å². The van der Waals surface area contributed by atoms with E-state index in [1.54, 1.807) is 0 Å². The fourth-order valence-corrected chi connectivity index (χ4v) is 2.21. The zero-order valence-electron chi connectivity index (χ0n) is 8.29. The molecule has 0 aromatic rings. The first-order valence-electron chi connectivity index (χ1n) is 4.87. The van der Waals surface area contributed by atoms with Crippen molar-refractivity contribution in [3.8, 4) is 0 Å². The summed E-state index contributed by atoms with van der Waals surface area (Å²) in [5, 5.41) is 30.5. The van der Waals surface area contributed by atoms with Crippen LogP contribution in [-0.4, -0.2) is 33.6 Å². The number of rotatable bonds is 4. The molecule has 0 amide bonds. The molecule has 7 heteroatoms. The van der Waals surface area contributed by atoms with E-state index in [2.05, 4.69) is 0 Å². The van der Waals surface area contributed by atoms with E-state index in [0.717, 1.165) is 0 Å². The Morgan fingerprint density at radius 2 is 2.00 bits per heavy atom. The Kier molecular flexibility index (Phi) is 3.57. The standard InChI is InChI=1S/C8H14N2O5/c11-8(6-10(14)15)3-1-2-7(4-8)5-9(12)13/h7,11H,1-6H2/t7-,8+/m0/s1. The molecule has 1 aliphatic rings. The van der Waals surface area contributed by atoms with Crippen LogP contribution < -0.4 is 0 Å². The molecular formula is C8H14N2O5. The molecule has 0 aromatic heterocycles. The fourth-order valence-electron chi connectivity index (χ4n) is 2.21. The Hall–Kier alpha value is -1.24. The van der Waals surface area contributed by atoms with Gasteiger partial charge in [-0.15, -0.1) is 0 Å². The van der Waals surface area contributed by atoms with E-state index in [0.29, 0.717) is 19.3 Å². The Morgan fingerprint density at radius 1 is 1.33 bits per heavy atom. The van der Waals surface area contributed by atoms with Crippen LogP contribution in [0.5, 0.6) is 0 Å². The summed E-state index contributed by atoms with van der Waals surface area (Å²) in [4.78, 5) is 19.6. The van der Waals surface area contributed by atoms with Crippen molar-refractivity contribution in [2.24, 2.45) is 5.92 Å². The first-order chi connectivity index (χ1) is 6.91. The molecule has 1 aliphatic carbocycles. The molecule has 0 aliphatic heterocycles. The van der Waals surface area contributed by atoms with Gasteiger partial charge in [-0.3, -0.25) is 20.2 Å². The second kappa shape index (κ2) is 4.52. The lowest BCUT2D eigenvalue weighted by Gasteiger charge is -2.31. The van der Waals surface area contributed by atoms with E-state index < -0.39 is 22.0 Å². The number of nitro groups is 2. The van der Waals surface area contributed by atoms with Crippen LogP contribution in [0.3, 0.4) is 0 Å². The van der Waals surface area contributed by atoms with Gasteiger partial charge in [0, 0.05) is 15.8 Å². The molecule has 1 rings (SSSR count). The van der Waals surface area contributed by atoms with Crippen LogP contribution in [0.25, 0.3) is 0 Å². The van der Waals surface area contributed by atoms with Gasteiger partial charge in [0.15, 0.2) is 0 Å². The van der Waals surface area contributed by atoms with Crippen molar-refractivity contribution in [3.05, 3.63) is 20.2 Å². The zero-order chi connectivity index (χ0) is 11.5. The summed E-state index contributed by atoms with van der Waals surface area (Å²) in [5.41, 5.74) is -1.34. The largest absolute Gasteiger partial charge is 0.383 e. The zero-order valence-corrected chi connectivity index (χ0v) is 8.29. The van der Waals surface area contributed by atoms with Crippen LogP contribution in [0.2, 0.25) is 0 Å². The monoisotopic (exact) mass is 218 g/mol. The van der Waals surface area contributed by atoms with Crippen LogP contribution in [0.15, 0.2) is 0 Å². The van der Waals surface area contributed by atoms with Crippen LogP contribution in [0, 0.1) is 26.1 Å². The lowest BCUT2D eigenvalue weighted by molar-refractivity contribution is -0.508. The average Bonchev–Trinajstić information content (AvgIpc) is 1.99.